The van der Waals surface area contributed by atoms with Crippen molar-refractivity contribution in [2.45, 2.75) is 26.1 Å². The number of hydrogen-bond acceptors (Lipinski definition) is 4. The average molecular weight is 452 g/mol. The van der Waals surface area contributed by atoms with E-state index in [2.05, 4.69) is 40.2 Å². The lowest BCUT2D eigenvalue weighted by Gasteiger charge is -2.11. The van der Waals surface area contributed by atoms with Crippen LogP contribution in [0.1, 0.15) is 30.9 Å². The number of para-hydroxylation sites is 1. The van der Waals surface area contributed by atoms with Gasteiger partial charge in [0.25, 0.3) is 0 Å². The minimum absolute atomic E-state index is 0.268. The number of nitrogens with one attached hydrogen (secondary N) is 1. The predicted molar refractivity (Wildman–Crippen MR) is 125 cm³/mol. The molecule has 0 aliphatic heterocycles. The SMILES string of the molecule is CC(C)c1ccccc1N/N=C/c1ccc2c(c1)nc(-c1ccc(OC(F)(F)F)cc1)n2C. The second kappa shape index (κ2) is 8.97. The number of hydrogen-bond donors (Lipinski definition) is 1. The summed E-state index contributed by atoms with van der Waals surface area (Å²) in [5, 5.41) is 4.37. The molecule has 1 heterocycles. The van der Waals surface area contributed by atoms with Gasteiger partial charge in [0.1, 0.15) is 11.6 Å². The second-order valence-corrected chi connectivity index (χ2v) is 7.93. The Hall–Kier alpha value is -3.81. The van der Waals surface area contributed by atoms with Crippen molar-refractivity contribution in [3.8, 4) is 17.1 Å². The highest BCUT2D eigenvalue weighted by Crippen LogP contribution is 2.28. The van der Waals surface area contributed by atoms with Crippen LogP contribution in [-0.4, -0.2) is 22.1 Å². The molecular weight excluding hydrogens is 429 g/mol. The molecule has 0 bridgehead atoms. The summed E-state index contributed by atoms with van der Waals surface area (Å²) in [4.78, 5) is 4.67. The van der Waals surface area contributed by atoms with Gasteiger partial charge in [-0.05, 0) is 59.5 Å². The maximum atomic E-state index is 12.4. The zero-order valence-corrected chi connectivity index (χ0v) is 18.4. The molecule has 170 valence electrons. The second-order valence-electron chi connectivity index (χ2n) is 7.93. The Bertz CT molecular complexity index is 1290. The molecule has 1 aromatic heterocycles. The van der Waals surface area contributed by atoms with Gasteiger partial charge in [0.15, 0.2) is 0 Å². The highest BCUT2D eigenvalue weighted by Gasteiger charge is 2.31. The summed E-state index contributed by atoms with van der Waals surface area (Å²) in [5.41, 5.74) is 8.47. The van der Waals surface area contributed by atoms with E-state index in [9.17, 15) is 13.2 Å². The summed E-state index contributed by atoms with van der Waals surface area (Å²) in [6, 6.07) is 19.5. The van der Waals surface area contributed by atoms with Gasteiger partial charge in [-0.15, -0.1) is 13.2 Å². The fourth-order valence-electron chi connectivity index (χ4n) is 3.64. The van der Waals surface area contributed by atoms with Crippen LogP contribution in [0, 0.1) is 0 Å². The average Bonchev–Trinajstić information content (AvgIpc) is 3.09. The van der Waals surface area contributed by atoms with E-state index in [0.717, 1.165) is 22.3 Å². The van der Waals surface area contributed by atoms with E-state index in [1.54, 1.807) is 18.3 Å². The van der Waals surface area contributed by atoms with Crippen LogP contribution < -0.4 is 10.2 Å². The summed E-state index contributed by atoms with van der Waals surface area (Å²) in [6.45, 7) is 4.27. The Balaban J connectivity index is 1.55. The third-order valence-corrected chi connectivity index (χ3v) is 5.23. The van der Waals surface area contributed by atoms with Gasteiger partial charge >= 0.3 is 6.36 Å². The van der Waals surface area contributed by atoms with E-state index >= 15 is 0 Å². The van der Waals surface area contributed by atoms with Gasteiger partial charge in [0, 0.05) is 12.6 Å². The van der Waals surface area contributed by atoms with Crippen LogP contribution in [-0.2, 0) is 7.05 Å². The van der Waals surface area contributed by atoms with Gasteiger partial charge in [-0.2, -0.15) is 5.10 Å². The zero-order valence-electron chi connectivity index (χ0n) is 18.4. The lowest BCUT2D eigenvalue weighted by molar-refractivity contribution is -0.274. The van der Waals surface area contributed by atoms with Crippen molar-refractivity contribution in [2.75, 3.05) is 5.43 Å². The van der Waals surface area contributed by atoms with Crippen LogP contribution in [0.3, 0.4) is 0 Å². The molecule has 33 heavy (non-hydrogen) atoms. The first-order valence-corrected chi connectivity index (χ1v) is 10.4. The van der Waals surface area contributed by atoms with E-state index in [4.69, 9.17) is 0 Å². The lowest BCUT2D eigenvalue weighted by atomic mass is 10.0. The van der Waals surface area contributed by atoms with Crippen LogP contribution in [0.4, 0.5) is 18.9 Å². The molecule has 0 aliphatic carbocycles. The predicted octanol–water partition coefficient (Wildman–Crippen LogP) is 6.71. The molecule has 0 saturated carbocycles. The van der Waals surface area contributed by atoms with Crippen molar-refractivity contribution in [1.29, 1.82) is 0 Å². The van der Waals surface area contributed by atoms with Crippen molar-refractivity contribution in [1.82, 2.24) is 9.55 Å². The number of nitrogens with zero attached hydrogens (tertiary/aromatic N) is 3. The summed E-state index contributed by atoms with van der Waals surface area (Å²) in [5.74, 6) is 0.748. The van der Waals surface area contributed by atoms with Gasteiger partial charge in [-0.25, -0.2) is 4.98 Å². The van der Waals surface area contributed by atoms with Crippen molar-refractivity contribution in [2.24, 2.45) is 12.1 Å². The number of benzene rings is 3. The first kappa shape index (κ1) is 22.4. The van der Waals surface area contributed by atoms with Crippen LogP contribution in [0.5, 0.6) is 5.75 Å². The molecular formula is C25H23F3N4O. The highest BCUT2D eigenvalue weighted by atomic mass is 19.4. The number of ether oxygens (including phenoxy) is 1. The van der Waals surface area contributed by atoms with Crippen molar-refractivity contribution in [3.05, 3.63) is 77.9 Å². The molecule has 0 saturated heterocycles. The van der Waals surface area contributed by atoms with E-state index in [-0.39, 0.29) is 5.75 Å². The Morgan fingerprint density at radius 2 is 1.76 bits per heavy atom. The highest BCUT2D eigenvalue weighted by molar-refractivity contribution is 5.89. The Labute approximate surface area is 189 Å². The number of halogens is 3. The number of fused-ring (bicyclic) bond motifs is 1. The molecule has 1 N–H and O–H groups in total. The summed E-state index contributed by atoms with van der Waals surface area (Å²) in [7, 11) is 1.86. The number of hydrazone groups is 1. The minimum atomic E-state index is -4.72. The van der Waals surface area contributed by atoms with E-state index in [1.807, 2.05) is 48.0 Å². The lowest BCUT2D eigenvalue weighted by Crippen LogP contribution is -2.16. The quantitative estimate of drug-likeness (QED) is 0.261. The van der Waals surface area contributed by atoms with Gasteiger partial charge in [0.05, 0.1) is 22.9 Å². The first-order valence-electron chi connectivity index (χ1n) is 10.4. The topological polar surface area (TPSA) is 51.4 Å². The third-order valence-electron chi connectivity index (χ3n) is 5.23. The molecule has 0 radical (unpaired) electrons. The molecule has 0 atom stereocenters. The molecule has 8 heteroatoms. The maximum Gasteiger partial charge on any atom is 0.573 e. The fraction of sp³-hybridized carbons (Fsp3) is 0.200. The molecule has 0 spiro atoms. The van der Waals surface area contributed by atoms with Crippen molar-refractivity contribution in [3.63, 3.8) is 0 Å². The van der Waals surface area contributed by atoms with E-state index < -0.39 is 6.36 Å². The van der Waals surface area contributed by atoms with Crippen LogP contribution >= 0.6 is 0 Å². The maximum absolute atomic E-state index is 12.4. The number of imidazole rings is 1. The molecule has 0 unspecified atom stereocenters. The summed E-state index contributed by atoms with van der Waals surface area (Å²) >= 11 is 0. The van der Waals surface area contributed by atoms with Crippen molar-refractivity contribution >= 4 is 22.9 Å². The van der Waals surface area contributed by atoms with Crippen LogP contribution in [0.2, 0.25) is 0 Å². The third kappa shape index (κ3) is 5.16. The normalized spacial score (nSPS) is 12.1. The number of aromatic nitrogens is 2. The smallest absolute Gasteiger partial charge is 0.406 e. The zero-order chi connectivity index (χ0) is 23.6. The number of aryl methyl sites for hydroxylation is 1. The monoisotopic (exact) mass is 452 g/mol. The number of alkyl halides is 3. The first-order chi connectivity index (χ1) is 15.7. The van der Waals surface area contributed by atoms with Crippen LogP contribution in [0.25, 0.3) is 22.4 Å². The fourth-order valence-corrected chi connectivity index (χ4v) is 3.64. The number of rotatable bonds is 6. The Kier molecular flexibility index (Phi) is 6.09. The van der Waals surface area contributed by atoms with Gasteiger partial charge in [0.2, 0.25) is 0 Å². The standard InChI is InChI=1S/C25H23F3N4O/c1-16(2)20-6-4-5-7-21(20)31-29-15-17-8-13-23-22(14-17)30-24(32(23)3)18-9-11-19(12-10-18)33-25(26,27)28/h4-16,31H,1-3H3/b29-15+. The Morgan fingerprint density at radius 1 is 1.03 bits per heavy atom. The molecule has 0 amide bonds. The Morgan fingerprint density at radius 3 is 2.45 bits per heavy atom. The molecule has 3 aromatic carbocycles. The van der Waals surface area contributed by atoms with Gasteiger partial charge in [-0.1, -0.05) is 38.1 Å². The van der Waals surface area contributed by atoms with Crippen LogP contribution in [0.15, 0.2) is 71.8 Å². The summed E-state index contributed by atoms with van der Waals surface area (Å²) < 4.78 is 43.0. The minimum Gasteiger partial charge on any atom is -0.406 e. The van der Waals surface area contributed by atoms with Gasteiger partial charge in [-0.3, -0.25) is 5.43 Å². The molecule has 4 aromatic rings. The molecule has 0 aliphatic rings. The van der Waals surface area contributed by atoms with E-state index in [1.165, 1.54) is 17.7 Å². The molecule has 0 fully saturated rings. The number of anilines is 1. The summed E-state index contributed by atoms with van der Waals surface area (Å²) in [6.07, 6.45) is -2.99. The molecule has 5 nitrogen and oxygen atoms in total. The van der Waals surface area contributed by atoms with Crippen molar-refractivity contribution < 1.29 is 17.9 Å². The van der Waals surface area contributed by atoms with E-state index in [0.29, 0.717) is 17.3 Å². The van der Waals surface area contributed by atoms with Gasteiger partial charge < -0.3 is 9.30 Å². The molecule has 4 rings (SSSR count). The largest absolute Gasteiger partial charge is 0.573 e.